The molecule has 0 N–H and O–H groups in total. The molecule has 0 saturated heterocycles. The highest BCUT2D eigenvalue weighted by molar-refractivity contribution is 5.77. The first-order valence-electron chi connectivity index (χ1n) is 4.49. The summed E-state index contributed by atoms with van der Waals surface area (Å²) in [6.07, 6.45) is 0.801. The molecule has 0 radical (unpaired) electrons. The number of ether oxygens (including phenoxy) is 2. The van der Waals surface area contributed by atoms with Crippen LogP contribution < -0.4 is 9.47 Å². The summed E-state index contributed by atoms with van der Waals surface area (Å²) in [6, 6.07) is 3.46. The predicted octanol–water partition coefficient (Wildman–Crippen LogP) is 2.21. The van der Waals surface area contributed by atoms with Gasteiger partial charge in [-0.15, -0.1) is 0 Å². The molecule has 14 heavy (non-hydrogen) atoms. The molecule has 0 aliphatic rings. The van der Waals surface area contributed by atoms with Crippen molar-refractivity contribution in [1.29, 1.82) is 0 Å². The van der Waals surface area contributed by atoms with Gasteiger partial charge in [0.15, 0.2) is 11.5 Å². The molecular weight excluding hydrogens is 180 g/mol. The first-order chi connectivity index (χ1) is 6.72. The van der Waals surface area contributed by atoms with Gasteiger partial charge in [-0.25, -0.2) is 0 Å². The van der Waals surface area contributed by atoms with Gasteiger partial charge < -0.3 is 9.47 Å². The van der Waals surface area contributed by atoms with Crippen molar-refractivity contribution in [3.05, 3.63) is 23.3 Å². The van der Waals surface area contributed by atoms with Crippen LogP contribution in [0.4, 0.5) is 0 Å². The summed E-state index contributed by atoms with van der Waals surface area (Å²) in [6.45, 7) is 4.33. The van der Waals surface area contributed by atoms with Crippen molar-refractivity contribution < 1.29 is 14.3 Å². The van der Waals surface area contributed by atoms with E-state index in [0.717, 1.165) is 11.8 Å². The van der Waals surface area contributed by atoms with E-state index in [1.54, 1.807) is 19.2 Å². The molecule has 0 amide bonds. The maximum absolute atomic E-state index is 10.6. The number of benzene rings is 1. The largest absolute Gasteiger partial charge is 0.493 e. The summed E-state index contributed by atoms with van der Waals surface area (Å²) in [5.41, 5.74) is 1.51. The smallest absolute Gasteiger partial charge is 0.163 e. The molecule has 0 aliphatic heterocycles. The lowest BCUT2D eigenvalue weighted by molar-refractivity contribution is 0.112. The number of methoxy groups -OCH3 is 1. The molecule has 1 aromatic carbocycles. The van der Waals surface area contributed by atoms with Gasteiger partial charge in [-0.2, -0.15) is 0 Å². The van der Waals surface area contributed by atoms with E-state index in [4.69, 9.17) is 9.47 Å². The van der Waals surface area contributed by atoms with E-state index < -0.39 is 0 Å². The quantitative estimate of drug-likeness (QED) is 0.689. The topological polar surface area (TPSA) is 35.5 Å². The van der Waals surface area contributed by atoms with Gasteiger partial charge in [-0.1, -0.05) is 0 Å². The molecule has 76 valence electrons. The van der Waals surface area contributed by atoms with Gasteiger partial charge >= 0.3 is 0 Å². The highest BCUT2D eigenvalue weighted by atomic mass is 16.5. The number of carbonyl (C=O) groups is 1. The Morgan fingerprint density at radius 2 is 2.14 bits per heavy atom. The Labute approximate surface area is 83.6 Å². The molecular formula is C11H14O3. The van der Waals surface area contributed by atoms with Gasteiger partial charge in [-0.05, 0) is 31.5 Å². The molecule has 0 bridgehead atoms. The summed E-state index contributed by atoms with van der Waals surface area (Å²) < 4.78 is 10.6. The van der Waals surface area contributed by atoms with Crippen molar-refractivity contribution in [3.8, 4) is 11.5 Å². The third-order valence-corrected chi connectivity index (χ3v) is 1.90. The standard InChI is InChI=1S/C11H14O3/c1-4-14-10-6-9(7-12)5-8(2)11(10)13-3/h5-7H,4H2,1-3H3. The highest BCUT2D eigenvalue weighted by Crippen LogP contribution is 2.31. The minimum absolute atomic E-state index is 0.554. The van der Waals surface area contributed by atoms with Gasteiger partial charge in [-0.3, -0.25) is 4.79 Å². The average Bonchev–Trinajstić information content (AvgIpc) is 2.18. The minimum atomic E-state index is 0.554. The molecule has 0 fully saturated rings. The van der Waals surface area contributed by atoms with Gasteiger partial charge in [0.2, 0.25) is 0 Å². The van der Waals surface area contributed by atoms with Crippen molar-refractivity contribution in [1.82, 2.24) is 0 Å². The van der Waals surface area contributed by atoms with E-state index in [1.165, 1.54) is 0 Å². The van der Waals surface area contributed by atoms with Crippen LogP contribution in [-0.4, -0.2) is 20.0 Å². The number of hydrogen-bond acceptors (Lipinski definition) is 3. The zero-order chi connectivity index (χ0) is 10.6. The van der Waals surface area contributed by atoms with Crippen LogP contribution in [0, 0.1) is 6.92 Å². The van der Waals surface area contributed by atoms with Gasteiger partial charge in [0, 0.05) is 5.56 Å². The second kappa shape index (κ2) is 4.65. The third-order valence-electron chi connectivity index (χ3n) is 1.90. The minimum Gasteiger partial charge on any atom is -0.493 e. The molecule has 1 rings (SSSR count). The normalized spacial score (nSPS) is 9.64. The lowest BCUT2D eigenvalue weighted by Crippen LogP contribution is -1.98. The Hall–Kier alpha value is -1.51. The Bertz CT molecular complexity index is 332. The van der Waals surface area contributed by atoms with Crippen LogP contribution in [0.3, 0.4) is 0 Å². The van der Waals surface area contributed by atoms with Crippen LogP contribution >= 0.6 is 0 Å². The lowest BCUT2D eigenvalue weighted by atomic mass is 10.1. The molecule has 0 unspecified atom stereocenters. The average molecular weight is 194 g/mol. The fraction of sp³-hybridized carbons (Fsp3) is 0.364. The molecule has 0 aliphatic carbocycles. The van der Waals surface area contributed by atoms with Gasteiger partial charge in [0.25, 0.3) is 0 Å². The zero-order valence-electron chi connectivity index (χ0n) is 8.66. The SMILES string of the molecule is CCOc1cc(C=O)cc(C)c1OC. The van der Waals surface area contributed by atoms with E-state index in [0.29, 0.717) is 23.7 Å². The van der Waals surface area contributed by atoms with E-state index >= 15 is 0 Å². The second-order valence-electron chi connectivity index (χ2n) is 2.92. The molecule has 3 nitrogen and oxygen atoms in total. The monoisotopic (exact) mass is 194 g/mol. The highest BCUT2D eigenvalue weighted by Gasteiger charge is 2.08. The Balaban J connectivity index is 3.20. The number of hydrogen-bond donors (Lipinski definition) is 0. The number of rotatable bonds is 4. The molecule has 0 saturated carbocycles. The number of aldehydes is 1. The maximum Gasteiger partial charge on any atom is 0.163 e. The molecule has 0 heterocycles. The first-order valence-corrected chi connectivity index (χ1v) is 4.49. The Morgan fingerprint density at radius 3 is 2.64 bits per heavy atom. The van der Waals surface area contributed by atoms with E-state index in [-0.39, 0.29) is 0 Å². The van der Waals surface area contributed by atoms with Crippen LogP contribution in [0.1, 0.15) is 22.8 Å². The summed E-state index contributed by atoms with van der Waals surface area (Å²) in [5, 5.41) is 0. The van der Waals surface area contributed by atoms with Crippen LogP contribution in [0.2, 0.25) is 0 Å². The molecule has 1 aromatic rings. The number of carbonyl (C=O) groups excluding carboxylic acids is 1. The van der Waals surface area contributed by atoms with Crippen LogP contribution in [0.25, 0.3) is 0 Å². The van der Waals surface area contributed by atoms with E-state index in [2.05, 4.69) is 0 Å². The Kier molecular flexibility index (Phi) is 3.51. The summed E-state index contributed by atoms with van der Waals surface area (Å²) in [5.74, 6) is 1.31. The summed E-state index contributed by atoms with van der Waals surface area (Å²) in [7, 11) is 1.59. The fourth-order valence-corrected chi connectivity index (χ4v) is 1.36. The molecule has 0 atom stereocenters. The van der Waals surface area contributed by atoms with Crippen molar-refractivity contribution in [2.45, 2.75) is 13.8 Å². The Morgan fingerprint density at radius 1 is 1.43 bits per heavy atom. The fourth-order valence-electron chi connectivity index (χ4n) is 1.36. The van der Waals surface area contributed by atoms with Crippen LogP contribution in [0.5, 0.6) is 11.5 Å². The summed E-state index contributed by atoms with van der Waals surface area (Å²) in [4.78, 5) is 10.6. The molecule has 3 heteroatoms. The predicted molar refractivity (Wildman–Crippen MR) is 54.3 cm³/mol. The molecule has 0 spiro atoms. The van der Waals surface area contributed by atoms with Crippen molar-refractivity contribution in [2.24, 2.45) is 0 Å². The third kappa shape index (κ3) is 2.05. The zero-order valence-corrected chi connectivity index (χ0v) is 8.66. The number of aryl methyl sites for hydroxylation is 1. The van der Waals surface area contributed by atoms with Crippen molar-refractivity contribution in [2.75, 3.05) is 13.7 Å². The van der Waals surface area contributed by atoms with E-state index in [1.807, 2.05) is 13.8 Å². The first kappa shape index (κ1) is 10.6. The maximum atomic E-state index is 10.6. The van der Waals surface area contributed by atoms with Gasteiger partial charge in [0.1, 0.15) is 6.29 Å². The second-order valence-corrected chi connectivity index (χ2v) is 2.92. The van der Waals surface area contributed by atoms with Crippen LogP contribution in [-0.2, 0) is 0 Å². The summed E-state index contributed by atoms with van der Waals surface area (Å²) >= 11 is 0. The van der Waals surface area contributed by atoms with Crippen molar-refractivity contribution in [3.63, 3.8) is 0 Å². The van der Waals surface area contributed by atoms with E-state index in [9.17, 15) is 4.79 Å². The van der Waals surface area contributed by atoms with Crippen molar-refractivity contribution >= 4 is 6.29 Å². The van der Waals surface area contributed by atoms with Gasteiger partial charge in [0.05, 0.1) is 13.7 Å². The molecule has 0 aromatic heterocycles. The lowest BCUT2D eigenvalue weighted by Gasteiger charge is -2.12. The van der Waals surface area contributed by atoms with Crippen LogP contribution in [0.15, 0.2) is 12.1 Å².